The van der Waals surface area contributed by atoms with Crippen molar-refractivity contribution in [3.05, 3.63) is 16.1 Å². The quantitative estimate of drug-likeness (QED) is 0.926. The third kappa shape index (κ3) is 4.58. The van der Waals surface area contributed by atoms with Crippen molar-refractivity contribution in [1.29, 1.82) is 0 Å². The molecule has 0 aliphatic carbocycles. The van der Waals surface area contributed by atoms with Crippen molar-refractivity contribution in [3.63, 3.8) is 0 Å². The maximum absolute atomic E-state index is 12.4. The Balaban J connectivity index is 0.00000200. The van der Waals surface area contributed by atoms with Crippen LogP contribution in [0, 0.1) is 5.92 Å². The Bertz CT molecular complexity index is 414. The summed E-state index contributed by atoms with van der Waals surface area (Å²) in [6.45, 7) is 4.36. The fourth-order valence-corrected chi connectivity index (χ4v) is 3.19. The van der Waals surface area contributed by atoms with Crippen molar-refractivity contribution >= 4 is 23.7 Å². The Labute approximate surface area is 126 Å². The van der Waals surface area contributed by atoms with Crippen molar-refractivity contribution in [1.82, 2.24) is 9.88 Å². The SMILES string of the molecule is CC(N)C1CCN(Cc2cnc(C(F)(F)F)s2)CC1.Cl. The number of hydrogen-bond acceptors (Lipinski definition) is 4. The number of piperidine rings is 1. The van der Waals surface area contributed by atoms with E-state index in [1.807, 2.05) is 6.92 Å². The highest BCUT2D eigenvalue weighted by molar-refractivity contribution is 7.11. The van der Waals surface area contributed by atoms with E-state index in [0.29, 0.717) is 17.3 Å². The van der Waals surface area contributed by atoms with E-state index in [4.69, 9.17) is 5.73 Å². The van der Waals surface area contributed by atoms with Gasteiger partial charge in [-0.1, -0.05) is 0 Å². The number of rotatable bonds is 3. The Hall–Kier alpha value is -0.370. The van der Waals surface area contributed by atoms with Crippen LogP contribution >= 0.6 is 23.7 Å². The number of hydrogen-bond donors (Lipinski definition) is 1. The predicted octanol–water partition coefficient (Wildman–Crippen LogP) is 3.14. The van der Waals surface area contributed by atoms with Crippen LogP contribution in [0.1, 0.15) is 29.7 Å². The normalized spacial score (nSPS) is 19.6. The summed E-state index contributed by atoms with van der Waals surface area (Å²) in [6.07, 6.45) is -0.957. The Morgan fingerprint density at radius 2 is 2.05 bits per heavy atom. The van der Waals surface area contributed by atoms with Gasteiger partial charge in [0, 0.05) is 23.7 Å². The minimum Gasteiger partial charge on any atom is -0.328 e. The molecule has 1 aliphatic heterocycles. The molecule has 2 rings (SSSR count). The summed E-state index contributed by atoms with van der Waals surface area (Å²) >= 11 is 0.738. The molecule has 0 aromatic carbocycles. The molecular formula is C12H19ClF3N3S. The summed E-state index contributed by atoms with van der Waals surface area (Å²) in [5, 5.41) is -0.757. The van der Waals surface area contributed by atoms with E-state index in [1.54, 1.807) is 0 Å². The van der Waals surface area contributed by atoms with Gasteiger partial charge < -0.3 is 5.73 Å². The average molecular weight is 330 g/mol. The monoisotopic (exact) mass is 329 g/mol. The summed E-state index contributed by atoms with van der Waals surface area (Å²) in [7, 11) is 0. The van der Waals surface area contributed by atoms with Crippen LogP contribution in [0.25, 0.3) is 0 Å². The lowest BCUT2D eigenvalue weighted by Gasteiger charge is -2.33. The molecule has 1 atom stereocenters. The molecule has 1 saturated heterocycles. The van der Waals surface area contributed by atoms with Crippen molar-refractivity contribution in [2.45, 2.75) is 38.5 Å². The van der Waals surface area contributed by atoms with E-state index in [-0.39, 0.29) is 18.4 Å². The van der Waals surface area contributed by atoms with Crippen molar-refractivity contribution in [3.8, 4) is 0 Å². The van der Waals surface area contributed by atoms with Gasteiger partial charge in [-0.25, -0.2) is 4.98 Å². The third-order valence-electron chi connectivity index (χ3n) is 3.55. The lowest BCUT2D eigenvalue weighted by Crippen LogP contribution is -2.39. The molecule has 1 aliphatic rings. The van der Waals surface area contributed by atoms with Crippen LogP contribution in [-0.4, -0.2) is 29.0 Å². The van der Waals surface area contributed by atoms with Gasteiger partial charge in [0.1, 0.15) is 0 Å². The zero-order valence-electron chi connectivity index (χ0n) is 11.2. The smallest absolute Gasteiger partial charge is 0.328 e. The number of aromatic nitrogens is 1. The fourth-order valence-electron chi connectivity index (χ4n) is 2.37. The largest absolute Gasteiger partial charge is 0.443 e. The van der Waals surface area contributed by atoms with Crippen LogP contribution < -0.4 is 5.73 Å². The molecule has 0 amide bonds. The van der Waals surface area contributed by atoms with Crippen molar-refractivity contribution < 1.29 is 13.2 Å². The molecule has 1 unspecified atom stereocenters. The summed E-state index contributed by atoms with van der Waals surface area (Å²) < 4.78 is 37.3. The Kier molecular flexibility index (Phi) is 6.25. The molecule has 0 spiro atoms. The lowest BCUT2D eigenvalue weighted by molar-refractivity contribution is -0.137. The van der Waals surface area contributed by atoms with Crippen LogP contribution in [0.5, 0.6) is 0 Å². The van der Waals surface area contributed by atoms with Crippen molar-refractivity contribution in [2.24, 2.45) is 11.7 Å². The van der Waals surface area contributed by atoms with E-state index in [0.717, 1.165) is 37.3 Å². The molecule has 0 radical (unpaired) electrons. The van der Waals surface area contributed by atoms with E-state index in [1.165, 1.54) is 6.20 Å². The molecular weight excluding hydrogens is 311 g/mol. The second-order valence-electron chi connectivity index (χ2n) is 5.10. The first-order valence-electron chi connectivity index (χ1n) is 6.36. The fraction of sp³-hybridized carbons (Fsp3) is 0.750. The second kappa shape index (κ2) is 7.06. The van der Waals surface area contributed by atoms with Crippen LogP contribution in [0.4, 0.5) is 13.2 Å². The maximum Gasteiger partial charge on any atom is 0.443 e. The predicted molar refractivity (Wildman–Crippen MR) is 76.0 cm³/mol. The molecule has 116 valence electrons. The second-order valence-corrected chi connectivity index (χ2v) is 6.22. The van der Waals surface area contributed by atoms with Crippen molar-refractivity contribution in [2.75, 3.05) is 13.1 Å². The zero-order valence-corrected chi connectivity index (χ0v) is 12.8. The first-order valence-corrected chi connectivity index (χ1v) is 7.17. The molecule has 2 heterocycles. The van der Waals surface area contributed by atoms with Crippen LogP contribution in [0.3, 0.4) is 0 Å². The topological polar surface area (TPSA) is 42.1 Å². The van der Waals surface area contributed by atoms with E-state index in [9.17, 15) is 13.2 Å². The van der Waals surface area contributed by atoms with Gasteiger partial charge in [-0.3, -0.25) is 4.90 Å². The van der Waals surface area contributed by atoms with Crippen LogP contribution in [-0.2, 0) is 12.7 Å². The van der Waals surface area contributed by atoms with Gasteiger partial charge in [-0.2, -0.15) is 13.2 Å². The molecule has 1 aromatic heterocycles. The van der Waals surface area contributed by atoms with E-state index in [2.05, 4.69) is 9.88 Å². The summed E-state index contributed by atoms with van der Waals surface area (Å²) in [4.78, 5) is 6.29. The van der Waals surface area contributed by atoms with E-state index >= 15 is 0 Å². The minimum absolute atomic E-state index is 0. The number of nitrogens with zero attached hydrogens (tertiary/aromatic N) is 2. The maximum atomic E-state index is 12.4. The standard InChI is InChI=1S/C12H18F3N3S.ClH/c1-8(16)9-2-4-18(5-3-9)7-10-6-17-11(19-10)12(13,14)15;/h6,8-9H,2-5,7,16H2,1H3;1H. The van der Waals surface area contributed by atoms with Gasteiger partial charge >= 0.3 is 6.18 Å². The lowest BCUT2D eigenvalue weighted by atomic mass is 9.91. The molecule has 0 bridgehead atoms. The van der Waals surface area contributed by atoms with Gasteiger partial charge in [-0.05, 0) is 38.8 Å². The first kappa shape index (κ1) is 17.7. The first-order chi connectivity index (χ1) is 8.86. The number of nitrogens with two attached hydrogens (primary N) is 1. The number of likely N-dealkylation sites (tertiary alicyclic amines) is 1. The molecule has 20 heavy (non-hydrogen) atoms. The minimum atomic E-state index is -4.33. The molecule has 8 heteroatoms. The number of halogens is 4. The molecule has 3 nitrogen and oxygen atoms in total. The van der Waals surface area contributed by atoms with Gasteiger partial charge in [0.25, 0.3) is 0 Å². The summed E-state index contributed by atoms with van der Waals surface area (Å²) in [6, 6.07) is 0.197. The highest BCUT2D eigenvalue weighted by Crippen LogP contribution is 2.33. The Morgan fingerprint density at radius 3 is 2.50 bits per heavy atom. The molecule has 2 N–H and O–H groups in total. The molecule has 1 fully saturated rings. The zero-order chi connectivity index (χ0) is 14.0. The van der Waals surface area contributed by atoms with Gasteiger partial charge in [0.15, 0.2) is 5.01 Å². The molecule has 1 aromatic rings. The highest BCUT2D eigenvalue weighted by Gasteiger charge is 2.34. The van der Waals surface area contributed by atoms with E-state index < -0.39 is 11.2 Å². The van der Waals surface area contributed by atoms with Gasteiger partial charge in [0.05, 0.1) is 0 Å². The van der Waals surface area contributed by atoms with Crippen LogP contribution in [0.15, 0.2) is 6.20 Å². The third-order valence-corrected chi connectivity index (χ3v) is 4.58. The number of thiazole rings is 1. The Morgan fingerprint density at radius 1 is 1.45 bits per heavy atom. The van der Waals surface area contributed by atoms with Crippen LogP contribution in [0.2, 0.25) is 0 Å². The average Bonchev–Trinajstić information content (AvgIpc) is 2.78. The molecule has 0 saturated carbocycles. The summed E-state index contributed by atoms with van der Waals surface area (Å²) in [5.74, 6) is 0.531. The number of alkyl halides is 3. The van der Waals surface area contributed by atoms with Gasteiger partial charge in [0.2, 0.25) is 0 Å². The highest BCUT2D eigenvalue weighted by atomic mass is 35.5. The summed E-state index contributed by atoms with van der Waals surface area (Å²) in [5.41, 5.74) is 5.86. The van der Waals surface area contributed by atoms with Gasteiger partial charge in [-0.15, -0.1) is 23.7 Å².